The standard InChI is InChI=1S/C10H17NO3/c1-11(2)6-9(12)7-13-8-10-4-3-5-14-10/h3-5,9,12H,6-8H2,1-2H3/t9-/m0/s1. The van der Waals surface area contributed by atoms with E-state index in [2.05, 4.69) is 0 Å². The maximum absolute atomic E-state index is 9.45. The Bertz CT molecular complexity index is 234. The van der Waals surface area contributed by atoms with Gasteiger partial charge in [-0.1, -0.05) is 0 Å². The van der Waals surface area contributed by atoms with Gasteiger partial charge in [0, 0.05) is 6.54 Å². The number of rotatable bonds is 6. The number of hydrogen-bond acceptors (Lipinski definition) is 4. The Morgan fingerprint density at radius 3 is 2.93 bits per heavy atom. The van der Waals surface area contributed by atoms with Crippen LogP contribution in [0.1, 0.15) is 5.76 Å². The summed E-state index contributed by atoms with van der Waals surface area (Å²) in [4.78, 5) is 1.92. The molecule has 0 fully saturated rings. The molecule has 1 aromatic rings. The maximum Gasteiger partial charge on any atom is 0.129 e. The van der Waals surface area contributed by atoms with E-state index < -0.39 is 6.10 Å². The van der Waals surface area contributed by atoms with Gasteiger partial charge in [0.1, 0.15) is 12.4 Å². The molecule has 1 rings (SSSR count). The molecule has 0 aromatic carbocycles. The predicted octanol–water partition coefficient (Wildman–Crippen LogP) is 0.719. The first kappa shape index (κ1) is 11.2. The SMILES string of the molecule is CN(C)C[C@H](O)COCc1ccco1. The number of ether oxygens (including phenoxy) is 1. The maximum atomic E-state index is 9.45. The molecule has 1 atom stereocenters. The molecule has 0 bridgehead atoms. The molecule has 0 saturated carbocycles. The summed E-state index contributed by atoms with van der Waals surface area (Å²) in [5.41, 5.74) is 0. The molecule has 0 radical (unpaired) electrons. The summed E-state index contributed by atoms with van der Waals surface area (Å²) in [6.45, 7) is 1.36. The molecule has 0 spiro atoms. The van der Waals surface area contributed by atoms with Gasteiger partial charge in [-0.15, -0.1) is 0 Å². The molecular weight excluding hydrogens is 182 g/mol. The fourth-order valence-electron chi connectivity index (χ4n) is 1.16. The summed E-state index contributed by atoms with van der Waals surface area (Å²) in [6.07, 6.45) is 1.16. The second-order valence-electron chi connectivity index (χ2n) is 3.51. The highest BCUT2D eigenvalue weighted by molar-refractivity contribution is 4.96. The fourth-order valence-corrected chi connectivity index (χ4v) is 1.16. The van der Waals surface area contributed by atoms with E-state index in [-0.39, 0.29) is 0 Å². The van der Waals surface area contributed by atoms with Crippen LogP contribution in [0.15, 0.2) is 22.8 Å². The summed E-state index contributed by atoms with van der Waals surface area (Å²) < 4.78 is 10.3. The quantitative estimate of drug-likeness (QED) is 0.733. The number of aliphatic hydroxyl groups excluding tert-OH is 1. The summed E-state index contributed by atoms with van der Waals surface area (Å²) in [5, 5.41) is 9.45. The van der Waals surface area contributed by atoms with Gasteiger partial charge in [-0.05, 0) is 26.2 Å². The van der Waals surface area contributed by atoms with Crippen LogP contribution in [0.4, 0.5) is 0 Å². The highest BCUT2D eigenvalue weighted by atomic mass is 16.5. The van der Waals surface area contributed by atoms with Crippen LogP contribution < -0.4 is 0 Å². The summed E-state index contributed by atoms with van der Waals surface area (Å²) in [5.74, 6) is 0.780. The molecule has 0 amide bonds. The van der Waals surface area contributed by atoms with E-state index in [9.17, 15) is 5.11 Å². The normalized spacial score (nSPS) is 13.4. The molecule has 0 aliphatic carbocycles. The van der Waals surface area contributed by atoms with Crippen LogP contribution in [0.25, 0.3) is 0 Å². The summed E-state index contributed by atoms with van der Waals surface area (Å²) in [7, 11) is 3.82. The highest BCUT2D eigenvalue weighted by Crippen LogP contribution is 2.02. The topological polar surface area (TPSA) is 45.8 Å². The number of aliphatic hydroxyl groups is 1. The van der Waals surface area contributed by atoms with Gasteiger partial charge < -0.3 is 19.2 Å². The minimum Gasteiger partial charge on any atom is -0.467 e. The van der Waals surface area contributed by atoms with Crippen molar-refractivity contribution < 1.29 is 14.3 Å². The van der Waals surface area contributed by atoms with Crippen molar-refractivity contribution in [3.05, 3.63) is 24.2 Å². The number of likely N-dealkylation sites (N-methyl/N-ethyl adjacent to an activating group) is 1. The molecule has 1 aromatic heterocycles. The number of nitrogens with zero attached hydrogens (tertiary/aromatic N) is 1. The molecule has 4 heteroatoms. The van der Waals surface area contributed by atoms with E-state index in [0.29, 0.717) is 19.8 Å². The first-order chi connectivity index (χ1) is 6.68. The van der Waals surface area contributed by atoms with Gasteiger partial charge >= 0.3 is 0 Å². The van der Waals surface area contributed by atoms with Crippen LogP contribution in [-0.2, 0) is 11.3 Å². The van der Waals surface area contributed by atoms with Crippen LogP contribution in [0.2, 0.25) is 0 Å². The van der Waals surface area contributed by atoms with E-state index >= 15 is 0 Å². The van der Waals surface area contributed by atoms with Crippen molar-refractivity contribution in [1.82, 2.24) is 4.90 Å². The van der Waals surface area contributed by atoms with Crippen LogP contribution in [0, 0.1) is 0 Å². The third-order valence-corrected chi connectivity index (χ3v) is 1.71. The van der Waals surface area contributed by atoms with Crippen molar-refractivity contribution in [1.29, 1.82) is 0 Å². The van der Waals surface area contributed by atoms with Crippen molar-refractivity contribution in [2.24, 2.45) is 0 Å². The van der Waals surface area contributed by atoms with E-state index in [1.807, 2.05) is 31.1 Å². The van der Waals surface area contributed by atoms with Gasteiger partial charge in [0.2, 0.25) is 0 Å². The predicted molar refractivity (Wildman–Crippen MR) is 52.9 cm³/mol. The third-order valence-electron chi connectivity index (χ3n) is 1.71. The molecule has 0 unspecified atom stereocenters. The lowest BCUT2D eigenvalue weighted by Gasteiger charge is -2.15. The smallest absolute Gasteiger partial charge is 0.129 e. The molecule has 0 aliphatic rings. The monoisotopic (exact) mass is 199 g/mol. The molecule has 1 N–H and O–H groups in total. The zero-order valence-corrected chi connectivity index (χ0v) is 8.64. The Morgan fingerprint density at radius 1 is 1.57 bits per heavy atom. The van der Waals surface area contributed by atoms with Crippen molar-refractivity contribution >= 4 is 0 Å². The first-order valence-corrected chi connectivity index (χ1v) is 4.61. The summed E-state index contributed by atoms with van der Waals surface area (Å²) >= 11 is 0. The van der Waals surface area contributed by atoms with E-state index in [4.69, 9.17) is 9.15 Å². The molecule has 80 valence electrons. The zero-order valence-electron chi connectivity index (χ0n) is 8.64. The van der Waals surface area contributed by atoms with Crippen LogP contribution in [-0.4, -0.2) is 43.4 Å². The van der Waals surface area contributed by atoms with Gasteiger partial charge in [0.05, 0.1) is 19.0 Å². The number of hydrogen-bond donors (Lipinski definition) is 1. The Balaban J connectivity index is 2.09. The van der Waals surface area contributed by atoms with Crippen molar-refractivity contribution in [3.8, 4) is 0 Å². The minimum atomic E-state index is -0.444. The molecule has 1 heterocycles. The molecule has 0 aliphatic heterocycles. The lowest BCUT2D eigenvalue weighted by Crippen LogP contribution is -2.29. The Labute approximate surface area is 84.1 Å². The van der Waals surface area contributed by atoms with Gasteiger partial charge in [-0.25, -0.2) is 0 Å². The molecule has 0 saturated heterocycles. The Kier molecular flexibility index (Phi) is 4.65. The van der Waals surface area contributed by atoms with E-state index in [0.717, 1.165) is 5.76 Å². The van der Waals surface area contributed by atoms with E-state index in [1.54, 1.807) is 6.26 Å². The second-order valence-corrected chi connectivity index (χ2v) is 3.51. The van der Waals surface area contributed by atoms with Crippen molar-refractivity contribution in [2.75, 3.05) is 27.2 Å². The zero-order chi connectivity index (χ0) is 10.4. The molecule has 14 heavy (non-hydrogen) atoms. The van der Waals surface area contributed by atoms with Gasteiger partial charge in [0.25, 0.3) is 0 Å². The Hall–Kier alpha value is -0.840. The fraction of sp³-hybridized carbons (Fsp3) is 0.600. The average molecular weight is 199 g/mol. The van der Waals surface area contributed by atoms with Crippen LogP contribution in [0.3, 0.4) is 0 Å². The first-order valence-electron chi connectivity index (χ1n) is 4.61. The van der Waals surface area contributed by atoms with Gasteiger partial charge in [0.15, 0.2) is 0 Å². The van der Waals surface area contributed by atoms with Gasteiger partial charge in [-0.2, -0.15) is 0 Å². The Morgan fingerprint density at radius 2 is 2.36 bits per heavy atom. The molecular formula is C10H17NO3. The van der Waals surface area contributed by atoms with Crippen LogP contribution in [0.5, 0.6) is 0 Å². The average Bonchev–Trinajstić information content (AvgIpc) is 2.55. The summed E-state index contributed by atoms with van der Waals surface area (Å²) in [6, 6.07) is 3.66. The third kappa shape index (κ3) is 4.41. The van der Waals surface area contributed by atoms with Crippen molar-refractivity contribution in [2.45, 2.75) is 12.7 Å². The number of furan rings is 1. The van der Waals surface area contributed by atoms with Crippen LogP contribution >= 0.6 is 0 Å². The minimum absolute atomic E-state index is 0.332. The lowest BCUT2D eigenvalue weighted by molar-refractivity contribution is 0.0115. The lowest BCUT2D eigenvalue weighted by atomic mass is 10.3. The molecule has 4 nitrogen and oxygen atoms in total. The highest BCUT2D eigenvalue weighted by Gasteiger charge is 2.05. The van der Waals surface area contributed by atoms with Crippen molar-refractivity contribution in [3.63, 3.8) is 0 Å². The largest absolute Gasteiger partial charge is 0.467 e. The van der Waals surface area contributed by atoms with E-state index in [1.165, 1.54) is 0 Å². The second kappa shape index (κ2) is 5.80. The van der Waals surface area contributed by atoms with Gasteiger partial charge in [-0.3, -0.25) is 0 Å².